The average molecular weight is 355 g/mol. The van der Waals surface area contributed by atoms with Crippen molar-refractivity contribution in [1.82, 2.24) is 15.1 Å². The van der Waals surface area contributed by atoms with Crippen LogP contribution in [0.5, 0.6) is 5.75 Å². The third kappa shape index (κ3) is 4.36. The van der Waals surface area contributed by atoms with E-state index in [0.29, 0.717) is 30.1 Å². The van der Waals surface area contributed by atoms with Gasteiger partial charge >= 0.3 is 6.09 Å². The van der Waals surface area contributed by atoms with E-state index >= 15 is 0 Å². The Balaban J connectivity index is 1.60. The Kier molecular flexibility index (Phi) is 4.88. The zero-order valence-corrected chi connectivity index (χ0v) is 15.0. The number of aldehydes is 1. The summed E-state index contributed by atoms with van der Waals surface area (Å²) in [7, 11) is 0. The summed E-state index contributed by atoms with van der Waals surface area (Å²) in [5.74, 6) is 0.570. The van der Waals surface area contributed by atoms with Crippen molar-refractivity contribution >= 4 is 12.4 Å². The van der Waals surface area contributed by atoms with Crippen LogP contribution >= 0.6 is 0 Å². The van der Waals surface area contributed by atoms with Crippen LogP contribution in [0.2, 0.25) is 0 Å². The van der Waals surface area contributed by atoms with E-state index in [1.165, 1.54) is 6.20 Å². The molecule has 0 unspecified atom stereocenters. The predicted molar refractivity (Wildman–Crippen MR) is 95.1 cm³/mol. The topological polar surface area (TPSA) is 81.6 Å². The number of carbonyl (C=O) groups is 2. The first kappa shape index (κ1) is 17.8. The Labute approximate surface area is 151 Å². The third-order valence-corrected chi connectivity index (χ3v) is 3.75. The zero-order chi connectivity index (χ0) is 18.7. The van der Waals surface area contributed by atoms with Gasteiger partial charge in [-0.2, -0.15) is 10.2 Å². The first-order valence-electron chi connectivity index (χ1n) is 8.37. The first-order chi connectivity index (χ1) is 12.3. The molecule has 26 heavy (non-hydrogen) atoms. The lowest BCUT2D eigenvalue weighted by Crippen LogP contribution is -2.57. The summed E-state index contributed by atoms with van der Waals surface area (Å²) in [5.41, 5.74) is 1.47. The van der Waals surface area contributed by atoms with Crippen molar-refractivity contribution in [3.63, 3.8) is 0 Å². The van der Waals surface area contributed by atoms with Crippen molar-refractivity contribution < 1.29 is 19.1 Å². The average Bonchev–Trinajstić information content (AvgIpc) is 2.56. The van der Waals surface area contributed by atoms with Gasteiger partial charge in [-0.3, -0.25) is 4.79 Å². The van der Waals surface area contributed by atoms with Crippen LogP contribution in [0.4, 0.5) is 4.79 Å². The SMILES string of the molecule is CC(C)(C)OC(=O)N1CC(Oc2cnnc(-c3cccc(C=O)c3)c2)C1. The molecule has 1 aromatic carbocycles. The summed E-state index contributed by atoms with van der Waals surface area (Å²) in [4.78, 5) is 24.5. The molecule has 0 N–H and O–H groups in total. The predicted octanol–water partition coefficient (Wildman–Crippen LogP) is 2.95. The molecule has 1 aromatic heterocycles. The van der Waals surface area contributed by atoms with Crippen LogP contribution in [-0.4, -0.2) is 52.3 Å². The lowest BCUT2D eigenvalue weighted by Gasteiger charge is -2.39. The lowest BCUT2D eigenvalue weighted by atomic mass is 10.1. The van der Waals surface area contributed by atoms with Crippen LogP contribution in [0.15, 0.2) is 36.5 Å². The number of hydrogen-bond donors (Lipinski definition) is 0. The Hall–Kier alpha value is -2.96. The fourth-order valence-corrected chi connectivity index (χ4v) is 2.51. The molecule has 1 fully saturated rings. The molecular formula is C19H21N3O4. The standard InChI is InChI=1S/C19H21N3O4/c1-19(2,3)26-18(24)22-10-16(11-22)25-15-8-17(21-20-9-15)14-6-4-5-13(7-14)12-23/h4-9,12,16H,10-11H2,1-3H3. The van der Waals surface area contributed by atoms with Crippen LogP contribution in [-0.2, 0) is 4.74 Å². The number of likely N-dealkylation sites (tertiary alicyclic amines) is 1. The molecule has 3 rings (SSSR count). The Morgan fingerprint density at radius 3 is 2.73 bits per heavy atom. The molecule has 7 nitrogen and oxygen atoms in total. The molecule has 2 aromatic rings. The molecule has 2 heterocycles. The van der Waals surface area contributed by atoms with Gasteiger partial charge in [0.25, 0.3) is 0 Å². The van der Waals surface area contributed by atoms with E-state index in [0.717, 1.165) is 11.8 Å². The summed E-state index contributed by atoms with van der Waals surface area (Å²) in [6.07, 6.45) is 1.87. The third-order valence-electron chi connectivity index (χ3n) is 3.75. The smallest absolute Gasteiger partial charge is 0.410 e. The van der Waals surface area contributed by atoms with Crippen molar-refractivity contribution in [2.45, 2.75) is 32.5 Å². The van der Waals surface area contributed by atoms with Crippen molar-refractivity contribution in [2.24, 2.45) is 0 Å². The van der Waals surface area contributed by atoms with E-state index in [9.17, 15) is 9.59 Å². The molecule has 0 spiro atoms. The molecule has 1 amide bonds. The molecule has 1 aliphatic rings. The Morgan fingerprint density at radius 1 is 1.27 bits per heavy atom. The second-order valence-corrected chi connectivity index (χ2v) is 7.15. The van der Waals surface area contributed by atoms with Crippen LogP contribution in [0, 0.1) is 0 Å². The van der Waals surface area contributed by atoms with E-state index in [2.05, 4.69) is 10.2 Å². The molecule has 136 valence electrons. The van der Waals surface area contributed by atoms with Gasteiger partial charge in [0, 0.05) is 17.2 Å². The number of aromatic nitrogens is 2. The molecule has 1 saturated heterocycles. The molecule has 0 bridgehead atoms. The van der Waals surface area contributed by atoms with Crippen molar-refractivity contribution in [3.05, 3.63) is 42.1 Å². The van der Waals surface area contributed by atoms with Gasteiger partial charge in [0.15, 0.2) is 0 Å². The number of nitrogens with zero attached hydrogens (tertiary/aromatic N) is 3. The number of benzene rings is 1. The highest BCUT2D eigenvalue weighted by atomic mass is 16.6. The highest BCUT2D eigenvalue weighted by Crippen LogP contribution is 2.24. The summed E-state index contributed by atoms with van der Waals surface area (Å²) < 4.78 is 11.2. The number of amides is 1. The number of ether oxygens (including phenoxy) is 2. The van der Waals surface area contributed by atoms with E-state index in [1.54, 1.807) is 29.2 Å². The van der Waals surface area contributed by atoms with Crippen LogP contribution < -0.4 is 4.74 Å². The zero-order valence-electron chi connectivity index (χ0n) is 15.0. The monoisotopic (exact) mass is 355 g/mol. The van der Waals surface area contributed by atoms with Gasteiger partial charge in [0.2, 0.25) is 0 Å². The number of rotatable bonds is 4. The fraction of sp³-hybridized carbons (Fsp3) is 0.368. The maximum atomic E-state index is 11.9. The highest BCUT2D eigenvalue weighted by molar-refractivity contribution is 5.78. The van der Waals surface area contributed by atoms with Gasteiger partial charge in [0.1, 0.15) is 23.7 Å². The largest absolute Gasteiger partial charge is 0.485 e. The molecule has 0 aliphatic carbocycles. The van der Waals surface area contributed by atoms with Gasteiger partial charge in [-0.25, -0.2) is 4.79 Å². The lowest BCUT2D eigenvalue weighted by molar-refractivity contribution is -0.0222. The van der Waals surface area contributed by atoms with Gasteiger partial charge in [0.05, 0.1) is 25.0 Å². The Bertz CT molecular complexity index is 810. The Morgan fingerprint density at radius 2 is 2.04 bits per heavy atom. The highest BCUT2D eigenvalue weighted by Gasteiger charge is 2.35. The maximum Gasteiger partial charge on any atom is 0.410 e. The number of hydrogen-bond acceptors (Lipinski definition) is 6. The van der Waals surface area contributed by atoms with Gasteiger partial charge in [-0.1, -0.05) is 18.2 Å². The minimum atomic E-state index is -0.511. The van der Waals surface area contributed by atoms with Crippen LogP contribution in [0.3, 0.4) is 0 Å². The normalized spacial score (nSPS) is 14.5. The molecule has 0 atom stereocenters. The second-order valence-electron chi connectivity index (χ2n) is 7.15. The maximum absolute atomic E-state index is 11.9. The van der Waals surface area contributed by atoms with Crippen molar-refractivity contribution in [1.29, 1.82) is 0 Å². The summed E-state index contributed by atoms with van der Waals surface area (Å²) in [5, 5.41) is 8.05. The van der Waals surface area contributed by atoms with E-state index in [-0.39, 0.29) is 12.2 Å². The minimum Gasteiger partial charge on any atom is -0.485 e. The van der Waals surface area contributed by atoms with Crippen molar-refractivity contribution in [2.75, 3.05) is 13.1 Å². The van der Waals surface area contributed by atoms with Crippen molar-refractivity contribution in [3.8, 4) is 17.0 Å². The molecule has 1 aliphatic heterocycles. The van der Waals surface area contributed by atoms with E-state index in [4.69, 9.17) is 9.47 Å². The van der Waals surface area contributed by atoms with Crippen LogP contribution in [0.1, 0.15) is 31.1 Å². The van der Waals surface area contributed by atoms with E-state index < -0.39 is 5.60 Å². The number of carbonyl (C=O) groups excluding carboxylic acids is 2. The summed E-state index contributed by atoms with van der Waals surface area (Å²) in [6.45, 7) is 6.44. The molecular weight excluding hydrogens is 334 g/mol. The second kappa shape index (κ2) is 7.11. The van der Waals surface area contributed by atoms with Gasteiger partial charge < -0.3 is 14.4 Å². The summed E-state index contributed by atoms with van der Waals surface area (Å²) in [6, 6.07) is 8.89. The minimum absolute atomic E-state index is 0.110. The first-order valence-corrected chi connectivity index (χ1v) is 8.37. The molecule has 7 heteroatoms. The van der Waals surface area contributed by atoms with Gasteiger partial charge in [-0.05, 0) is 26.8 Å². The van der Waals surface area contributed by atoms with Crippen LogP contribution in [0.25, 0.3) is 11.3 Å². The van der Waals surface area contributed by atoms with Gasteiger partial charge in [-0.15, -0.1) is 0 Å². The molecule has 0 radical (unpaired) electrons. The summed E-state index contributed by atoms with van der Waals surface area (Å²) >= 11 is 0. The quantitative estimate of drug-likeness (QED) is 0.784. The fourth-order valence-electron chi connectivity index (χ4n) is 2.51. The van der Waals surface area contributed by atoms with E-state index in [1.807, 2.05) is 26.8 Å². The molecule has 0 saturated carbocycles.